The Labute approximate surface area is 186 Å². The molecule has 2 aromatic heterocycles. The molecule has 0 fully saturated rings. The van der Waals surface area contributed by atoms with Crippen LogP contribution in [-0.2, 0) is 11.3 Å². The van der Waals surface area contributed by atoms with E-state index in [-0.39, 0.29) is 17.6 Å². The van der Waals surface area contributed by atoms with E-state index in [0.29, 0.717) is 25.4 Å². The van der Waals surface area contributed by atoms with E-state index in [1.165, 1.54) is 17.0 Å². The van der Waals surface area contributed by atoms with Crippen molar-refractivity contribution < 1.29 is 9.18 Å². The second-order valence-electron chi connectivity index (χ2n) is 8.33. The van der Waals surface area contributed by atoms with Gasteiger partial charge in [-0.2, -0.15) is 0 Å². The predicted molar refractivity (Wildman–Crippen MR) is 126 cm³/mol. The van der Waals surface area contributed by atoms with Gasteiger partial charge in [-0.25, -0.2) is 4.39 Å². The first kappa shape index (κ1) is 21.3. The van der Waals surface area contributed by atoms with Gasteiger partial charge in [0.05, 0.1) is 0 Å². The lowest BCUT2D eigenvalue weighted by molar-refractivity contribution is -0.121. The van der Waals surface area contributed by atoms with Crippen LogP contribution in [0.5, 0.6) is 0 Å². The number of fused-ring (bicyclic) bond motifs is 1. The Morgan fingerprint density at radius 3 is 2.55 bits per heavy atom. The van der Waals surface area contributed by atoms with Crippen molar-refractivity contribution in [3.8, 4) is 0 Å². The van der Waals surface area contributed by atoms with E-state index in [4.69, 9.17) is 0 Å². The molecule has 1 amide bonds. The SMILES string of the molecule is CC(C)CNC(=O)C[C@@H](c1cccs1)c1cn(Cc2ccc(F)cc2)c2ccccc12. The number of aromatic nitrogens is 1. The molecule has 0 bridgehead atoms. The zero-order valence-corrected chi connectivity index (χ0v) is 18.7. The zero-order valence-electron chi connectivity index (χ0n) is 17.8. The van der Waals surface area contributed by atoms with Crippen molar-refractivity contribution in [2.24, 2.45) is 5.92 Å². The number of benzene rings is 2. The van der Waals surface area contributed by atoms with Gasteiger partial charge >= 0.3 is 0 Å². The van der Waals surface area contributed by atoms with Crippen LogP contribution in [0, 0.1) is 11.7 Å². The van der Waals surface area contributed by atoms with Gasteiger partial charge in [0.25, 0.3) is 0 Å². The maximum atomic E-state index is 13.3. The van der Waals surface area contributed by atoms with Gasteiger partial charge in [-0.05, 0) is 46.7 Å². The first-order valence-corrected chi connectivity index (χ1v) is 11.5. The Kier molecular flexibility index (Phi) is 6.52. The molecule has 4 aromatic rings. The van der Waals surface area contributed by atoms with Crippen molar-refractivity contribution in [3.05, 3.63) is 94.1 Å². The number of nitrogens with one attached hydrogen (secondary N) is 1. The van der Waals surface area contributed by atoms with E-state index in [1.807, 2.05) is 30.3 Å². The minimum absolute atomic E-state index is 0.00784. The summed E-state index contributed by atoms with van der Waals surface area (Å²) >= 11 is 1.68. The van der Waals surface area contributed by atoms with Crippen LogP contribution >= 0.6 is 11.3 Å². The fraction of sp³-hybridized carbons (Fsp3) is 0.269. The molecule has 3 nitrogen and oxygen atoms in total. The Morgan fingerprint density at radius 2 is 1.84 bits per heavy atom. The zero-order chi connectivity index (χ0) is 21.8. The van der Waals surface area contributed by atoms with Crippen LogP contribution in [0.25, 0.3) is 10.9 Å². The van der Waals surface area contributed by atoms with Crippen LogP contribution in [0.1, 0.15) is 42.2 Å². The van der Waals surface area contributed by atoms with Crippen molar-refractivity contribution in [1.82, 2.24) is 9.88 Å². The standard InChI is InChI=1S/C26H27FN2OS/c1-18(2)15-28-26(30)14-22(25-8-5-13-31-25)23-17-29(24-7-4-3-6-21(23)24)16-19-9-11-20(27)12-10-19/h3-13,17-18,22H,14-16H2,1-2H3,(H,28,30)/t22-/m1/s1. The molecule has 2 heterocycles. The third kappa shape index (κ3) is 5.05. The molecule has 0 aliphatic rings. The van der Waals surface area contributed by atoms with Crippen molar-refractivity contribution in [3.63, 3.8) is 0 Å². The van der Waals surface area contributed by atoms with E-state index in [2.05, 4.69) is 53.5 Å². The van der Waals surface area contributed by atoms with Gasteiger partial charge < -0.3 is 9.88 Å². The van der Waals surface area contributed by atoms with Crippen LogP contribution in [-0.4, -0.2) is 17.0 Å². The van der Waals surface area contributed by atoms with Crippen molar-refractivity contribution in [2.45, 2.75) is 32.7 Å². The maximum Gasteiger partial charge on any atom is 0.220 e. The van der Waals surface area contributed by atoms with Gasteiger partial charge in [0.1, 0.15) is 5.82 Å². The number of hydrogen-bond acceptors (Lipinski definition) is 2. The molecule has 31 heavy (non-hydrogen) atoms. The van der Waals surface area contributed by atoms with Gasteiger partial charge in [-0.15, -0.1) is 11.3 Å². The number of thiophene rings is 1. The minimum Gasteiger partial charge on any atom is -0.356 e. The summed E-state index contributed by atoms with van der Waals surface area (Å²) in [6.07, 6.45) is 2.58. The molecule has 0 radical (unpaired) electrons. The molecule has 0 saturated carbocycles. The summed E-state index contributed by atoms with van der Waals surface area (Å²) in [7, 11) is 0. The minimum atomic E-state index is -0.230. The van der Waals surface area contributed by atoms with E-state index >= 15 is 0 Å². The Hall–Kier alpha value is -2.92. The number of halogens is 1. The highest BCUT2D eigenvalue weighted by Gasteiger charge is 2.23. The van der Waals surface area contributed by atoms with Crippen LogP contribution in [0.3, 0.4) is 0 Å². The Morgan fingerprint density at radius 1 is 1.06 bits per heavy atom. The normalized spacial score (nSPS) is 12.4. The lowest BCUT2D eigenvalue weighted by atomic mass is 9.93. The fourth-order valence-corrected chi connectivity index (χ4v) is 4.75. The van der Waals surface area contributed by atoms with Crippen molar-refractivity contribution in [2.75, 3.05) is 6.54 Å². The highest BCUT2D eigenvalue weighted by molar-refractivity contribution is 7.10. The van der Waals surface area contributed by atoms with Gasteiger partial charge in [0, 0.05) is 47.4 Å². The quantitative estimate of drug-likeness (QED) is 0.353. The fourth-order valence-electron chi connectivity index (χ4n) is 3.90. The lowest BCUT2D eigenvalue weighted by Crippen LogP contribution is -2.28. The van der Waals surface area contributed by atoms with Crippen LogP contribution in [0.15, 0.2) is 72.2 Å². The molecule has 0 aliphatic carbocycles. The van der Waals surface area contributed by atoms with Gasteiger partial charge in [0.2, 0.25) is 5.91 Å². The second kappa shape index (κ2) is 9.48. The average Bonchev–Trinajstić information content (AvgIpc) is 3.41. The summed E-state index contributed by atoms with van der Waals surface area (Å²) in [4.78, 5) is 13.9. The number of nitrogens with zero attached hydrogens (tertiary/aromatic N) is 1. The third-order valence-corrected chi connectivity index (χ3v) is 6.43. The first-order chi connectivity index (χ1) is 15.0. The van der Waals surface area contributed by atoms with Crippen LogP contribution in [0.4, 0.5) is 4.39 Å². The predicted octanol–water partition coefficient (Wildman–Crippen LogP) is 6.18. The van der Waals surface area contributed by atoms with E-state index in [0.717, 1.165) is 22.0 Å². The Bertz CT molecular complexity index is 1150. The van der Waals surface area contributed by atoms with Crippen molar-refractivity contribution in [1.29, 1.82) is 0 Å². The number of hydrogen-bond donors (Lipinski definition) is 1. The Balaban J connectivity index is 1.71. The highest BCUT2D eigenvalue weighted by Crippen LogP contribution is 2.37. The summed E-state index contributed by atoms with van der Waals surface area (Å²) in [5, 5.41) is 6.28. The summed E-state index contributed by atoms with van der Waals surface area (Å²) in [6.45, 7) is 5.53. The summed E-state index contributed by atoms with van der Waals surface area (Å²) < 4.78 is 15.5. The average molecular weight is 435 g/mol. The number of amides is 1. The third-order valence-electron chi connectivity index (χ3n) is 5.44. The first-order valence-electron chi connectivity index (χ1n) is 10.6. The summed E-state index contributed by atoms with van der Waals surface area (Å²) in [5.41, 5.74) is 3.31. The monoisotopic (exact) mass is 434 g/mol. The van der Waals surface area contributed by atoms with Gasteiger partial charge in [-0.3, -0.25) is 4.79 Å². The molecular formula is C26H27FN2OS. The van der Waals surface area contributed by atoms with Gasteiger partial charge in [-0.1, -0.05) is 50.2 Å². The number of carbonyl (C=O) groups excluding carboxylic acids is 1. The van der Waals surface area contributed by atoms with Gasteiger partial charge in [0.15, 0.2) is 0 Å². The molecule has 5 heteroatoms. The maximum absolute atomic E-state index is 13.3. The molecule has 0 spiro atoms. The summed E-state index contributed by atoms with van der Waals surface area (Å²) in [5.74, 6) is 0.253. The molecule has 0 saturated heterocycles. The van der Waals surface area contributed by atoms with Crippen molar-refractivity contribution >= 4 is 28.1 Å². The smallest absolute Gasteiger partial charge is 0.220 e. The molecule has 0 unspecified atom stereocenters. The molecule has 0 aliphatic heterocycles. The summed E-state index contributed by atoms with van der Waals surface area (Å²) in [6, 6.07) is 19.1. The number of carbonyl (C=O) groups is 1. The van der Waals surface area contributed by atoms with E-state index in [9.17, 15) is 9.18 Å². The molecule has 1 N–H and O–H groups in total. The van der Waals surface area contributed by atoms with E-state index < -0.39 is 0 Å². The topological polar surface area (TPSA) is 34.0 Å². The van der Waals surface area contributed by atoms with Crippen LogP contribution in [0.2, 0.25) is 0 Å². The molecule has 4 rings (SSSR count). The lowest BCUT2D eigenvalue weighted by Gasteiger charge is -2.16. The molecular weight excluding hydrogens is 407 g/mol. The molecule has 2 aromatic carbocycles. The highest BCUT2D eigenvalue weighted by atomic mass is 32.1. The number of para-hydroxylation sites is 1. The second-order valence-corrected chi connectivity index (χ2v) is 9.31. The number of rotatable bonds is 8. The van der Waals surface area contributed by atoms with Crippen LogP contribution < -0.4 is 5.32 Å². The molecule has 160 valence electrons. The molecule has 1 atom stereocenters. The largest absolute Gasteiger partial charge is 0.356 e. The van der Waals surface area contributed by atoms with E-state index in [1.54, 1.807) is 11.3 Å².